The minimum Gasteiger partial charge on any atom is -0.454 e. The topological polar surface area (TPSA) is 49.7 Å². The van der Waals surface area contributed by atoms with Crippen LogP contribution in [-0.4, -0.2) is 10.2 Å². The molecule has 0 spiro atoms. The summed E-state index contributed by atoms with van der Waals surface area (Å²) in [7, 11) is 0. The zero-order valence-corrected chi connectivity index (χ0v) is 10.5. The fourth-order valence-electron chi connectivity index (χ4n) is 1.69. The highest BCUT2D eigenvalue weighted by atomic mass is 19.1. The molecule has 2 aromatic carbocycles. The number of ether oxygens (including phenoxy) is 1. The second-order valence-electron chi connectivity index (χ2n) is 4.27. The minimum absolute atomic E-state index is 0.0829. The van der Waals surface area contributed by atoms with Crippen molar-refractivity contribution in [3.8, 4) is 11.5 Å². The Morgan fingerprint density at radius 2 is 2.00 bits per heavy atom. The van der Waals surface area contributed by atoms with Crippen molar-refractivity contribution in [1.82, 2.24) is 0 Å². The second kappa shape index (κ2) is 5.82. The van der Waals surface area contributed by atoms with Gasteiger partial charge < -0.3 is 14.9 Å². The van der Waals surface area contributed by atoms with E-state index in [1.54, 1.807) is 37.3 Å². The van der Waals surface area contributed by atoms with Crippen molar-refractivity contribution in [2.75, 3.05) is 0 Å². The first kappa shape index (κ1) is 13.5. The van der Waals surface area contributed by atoms with Gasteiger partial charge in [-0.2, -0.15) is 0 Å². The van der Waals surface area contributed by atoms with Gasteiger partial charge in [0.2, 0.25) is 0 Å². The summed E-state index contributed by atoms with van der Waals surface area (Å²) in [5, 5.41) is 18.4. The van der Waals surface area contributed by atoms with Gasteiger partial charge in [0, 0.05) is 0 Å². The Morgan fingerprint density at radius 1 is 1.21 bits per heavy atom. The van der Waals surface area contributed by atoms with Gasteiger partial charge in [0.25, 0.3) is 0 Å². The Balaban J connectivity index is 2.23. The molecule has 0 saturated carbocycles. The molecule has 0 saturated heterocycles. The number of benzene rings is 2. The van der Waals surface area contributed by atoms with Crippen molar-refractivity contribution in [1.29, 1.82) is 0 Å². The summed E-state index contributed by atoms with van der Waals surface area (Å²) in [5.74, 6) is 0.00235. The summed E-state index contributed by atoms with van der Waals surface area (Å²) in [6.07, 6.45) is -0.721. The molecule has 0 heterocycles. The molecular formula is C15H15FO3. The predicted molar refractivity (Wildman–Crippen MR) is 69.5 cm³/mol. The number of aliphatic hydroxyl groups is 2. The van der Waals surface area contributed by atoms with E-state index in [1.807, 2.05) is 0 Å². The highest BCUT2D eigenvalue weighted by Gasteiger charge is 2.09. The van der Waals surface area contributed by atoms with Crippen LogP contribution in [0.25, 0.3) is 0 Å². The fourth-order valence-corrected chi connectivity index (χ4v) is 1.69. The highest BCUT2D eigenvalue weighted by molar-refractivity contribution is 5.36. The molecule has 2 aromatic rings. The summed E-state index contributed by atoms with van der Waals surface area (Å²) in [6, 6.07) is 11.1. The number of rotatable bonds is 4. The lowest BCUT2D eigenvalue weighted by Crippen LogP contribution is -1.95. The Bertz CT molecular complexity index is 567. The van der Waals surface area contributed by atoms with E-state index in [9.17, 15) is 9.50 Å². The molecule has 4 heteroatoms. The fraction of sp³-hybridized carbons (Fsp3) is 0.200. The van der Waals surface area contributed by atoms with E-state index in [0.29, 0.717) is 16.9 Å². The van der Waals surface area contributed by atoms with E-state index in [-0.39, 0.29) is 12.4 Å². The Kier molecular flexibility index (Phi) is 4.14. The highest BCUT2D eigenvalue weighted by Crippen LogP contribution is 2.27. The molecule has 0 aliphatic rings. The lowest BCUT2D eigenvalue weighted by Gasteiger charge is -2.10. The molecule has 0 bridgehead atoms. The molecule has 0 radical (unpaired) electrons. The van der Waals surface area contributed by atoms with Crippen molar-refractivity contribution in [2.45, 2.75) is 19.6 Å². The molecule has 0 fully saturated rings. The van der Waals surface area contributed by atoms with Crippen LogP contribution in [-0.2, 0) is 6.61 Å². The predicted octanol–water partition coefficient (Wildman–Crippen LogP) is 3.16. The smallest absolute Gasteiger partial charge is 0.166 e. The van der Waals surface area contributed by atoms with E-state index in [2.05, 4.69) is 0 Å². The maximum Gasteiger partial charge on any atom is 0.166 e. The summed E-state index contributed by atoms with van der Waals surface area (Å²) >= 11 is 0. The first-order valence-electron chi connectivity index (χ1n) is 5.95. The Hall–Kier alpha value is -1.91. The van der Waals surface area contributed by atoms with Crippen molar-refractivity contribution >= 4 is 0 Å². The average molecular weight is 262 g/mol. The maximum absolute atomic E-state index is 13.8. The van der Waals surface area contributed by atoms with Gasteiger partial charge in [0.15, 0.2) is 11.6 Å². The van der Waals surface area contributed by atoms with Gasteiger partial charge in [-0.15, -0.1) is 0 Å². The summed E-state index contributed by atoms with van der Waals surface area (Å²) in [5.41, 5.74) is 1.19. The van der Waals surface area contributed by atoms with Crippen LogP contribution in [0.2, 0.25) is 0 Å². The number of aliphatic hydroxyl groups excluding tert-OH is 2. The first-order valence-corrected chi connectivity index (χ1v) is 5.95. The third-order valence-electron chi connectivity index (χ3n) is 2.75. The van der Waals surface area contributed by atoms with Gasteiger partial charge in [-0.25, -0.2) is 4.39 Å². The van der Waals surface area contributed by atoms with Crippen LogP contribution in [0.4, 0.5) is 4.39 Å². The van der Waals surface area contributed by atoms with Crippen LogP contribution in [0.15, 0.2) is 42.5 Å². The normalized spacial score (nSPS) is 12.2. The van der Waals surface area contributed by atoms with Gasteiger partial charge in [-0.1, -0.05) is 18.2 Å². The molecule has 19 heavy (non-hydrogen) atoms. The van der Waals surface area contributed by atoms with Gasteiger partial charge in [0.1, 0.15) is 5.75 Å². The summed E-state index contributed by atoms with van der Waals surface area (Å²) < 4.78 is 19.2. The number of hydrogen-bond donors (Lipinski definition) is 2. The minimum atomic E-state index is -0.721. The van der Waals surface area contributed by atoms with Gasteiger partial charge in [-0.05, 0) is 42.3 Å². The number of halogens is 1. The summed E-state index contributed by atoms with van der Waals surface area (Å²) in [6.45, 7) is 1.47. The molecule has 100 valence electrons. The Morgan fingerprint density at radius 3 is 2.63 bits per heavy atom. The lowest BCUT2D eigenvalue weighted by atomic mass is 10.1. The van der Waals surface area contributed by atoms with Crippen molar-refractivity contribution < 1.29 is 19.3 Å². The molecule has 2 rings (SSSR count). The quantitative estimate of drug-likeness (QED) is 0.889. The zero-order chi connectivity index (χ0) is 13.8. The molecule has 1 atom stereocenters. The Labute approximate surface area is 110 Å². The third kappa shape index (κ3) is 3.30. The van der Waals surface area contributed by atoms with Crippen molar-refractivity contribution in [3.05, 3.63) is 59.4 Å². The van der Waals surface area contributed by atoms with Crippen LogP contribution >= 0.6 is 0 Å². The zero-order valence-electron chi connectivity index (χ0n) is 10.5. The SMILES string of the molecule is C[C@H](O)c1ccc(Oc2cccc(CO)c2)c(F)c1. The van der Waals surface area contributed by atoms with E-state index < -0.39 is 11.9 Å². The van der Waals surface area contributed by atoms with Crippen LogP contribution in [0.3, 0.4) is 0 Å². The van der Waals surface area contributed by atoms with Gasteiger partial charge in [0.05, 0.1) is 12.7 Å². The standard InChI is InChI=1S/C15H15FO3/c1-10(18)12-5-6-15(14(16)8-12)19-13-4-2-3-11(7-13)9-17/h2-8,10,17-18H,9H2,1H3/t10-/m0/s1. The molecule has 0 aromatic heterocycles. The van der Waals surface area contributed by atoms with Gasteiger partial charge in [-0.3, -0.25) is 0 Å². The molecule has 2 N–H and O–H groups in total. The third-order valence-corrected chi connectivity index (χ3v) is 2.75. The molecule has 0 aliphatic heterocycles. The first-order chi connectivity index (χ1) is 9.10. The lowest BCUT2D eigenvalue weighted by molar-refractivity contribution is 0.198. The molecule has 0 amide bonds. The molecule has 0 aliphatic carbocycles. The van der Waals surface area contributed by atoms with E-state index in [4.69, 9.17) is 9.84 Å². The monoisotopic (exact) mass is 262 g/mol. The molecule has 0 unspecified atom stereocenters. The van der Waals surface area contributed by atoms with Crippen LogP contribution < -0.4 is 4.74 Å². The largest absolute Gasteiger partial charge is 0.454 e. The van der Waals surface area contributed by atoms with E-state index in [0.717, 1.165) is 0 Å². The van der Waals surface area contributed by atoms with E-state index >= 15 is 0 Å². The van der Waals surface area contributed by atoms with Crippen LogP contribution in [0.5, 0.6) is 11.5 Å². The maximum atomic E-state index is 13.8. The number of hydrogen-bond acceptors (Lipinski definition) is 3. The average Bonchev–Trinajstić information content (AvgIpc) is 2.41. The summed E-state index contributed by atoms with van der Waals surface area (Å²) in [4.78, 5) is 0. The van der Waals surface area contributed by atoms with Crippen molar-refractivity contribution in [2.24, 2.45) is 0 Å². The van der Waals surface area contributed by atoms with Crippen LogP contribution in [0, 0.1) is 5.82 Å². The second-order valence-corrected chi connectivity index (χ2v) is 4.27. The molecule has 3 nitrogen and oxygen atoms in total. The van der Waals surface area contributed by atoms with E-state index in [1.165, 1.54) is 12.1 Å². The molecular weight excluding hydrogens is 247 g/mol. The van der Waals surface area contributed by atoms with Gasteiger partial charge >= 0.3 is 0 Å². The van der Waals surface area contributed by atoms with Crippen LogP contribution in [0.1, 0.15) is 24.2 Å². The van der Waals surface area contributed by atoms with Crippen molar-refractivity contribution in [3.63, 3.8) is 0 Å².